The summed E-state index contributed by atoms with van der Waals surface area (Å²) in [5.74, 6) is 0.654. The number of carbonyl (C=O) groups excluding carboxylic acids is 1. The molecule has 0 atom stereocenters. The van der Waals surface area contributed by atoms with Gasteiger partial charge in [-0.25, -0.2) is 14.5 Å². The predicted octanol–water partition coefficient (Wildman–Crippen LogP) is 5.11. The summed E-state index contributed by atoms with van der Waals surface area (Å²) in [5.41, 5.74) is 4.08. The molecule has 6 nitrogen and oxygen atoms in total. The molecular weight excluding hydrogens is 432 g/mol. The monoisotopic (exact) mass is 454 g/mol. The fourth-order valence-corrected chi connectivity index (χ4v) is 4.93. The summed E-state index contributed by atoms with van der Waals surface area (Å²) in [6, 6.07) is 17.0. The number of para-hydroxylation sites is 2. The lowest BCUT2D eigenvalue weighted by Gasteiger charge is -2.13. The summed E-state index contributed by atoms with van der Waals surface area (Å²) in [6.45, 7) is 4.00. The molecule has 3 heterocycles. The number of aromatic amines is 1. The first-order valence-corrected chi connectivity index (χ1v) is 11.8. The number of pyridine rings is 1. The molecule has 0 aliphatic rings. The van der Waals surface area contributed by atoms with Crippen molar-refractivity contribution in [1.82, 2.24) is 19.5 Å². The first-order valence-electron chi connectivity index (χ1n) is 10.8. The van der Waals surface area contributed by atoms with Crippen LogP contribution in [-0.4, -0.2) is 31.1 Å². The molecule has 0 saturated carbocycles. The molecule has 2 aromatic carbocycles. The van der Waals surface area contributed by atoms with Crippen LogP contribution >= 0.6 is 11.8 Å². The number of nitrogens with one attached hydrogen (secondary N) is 1. The van der Waals surface area contributed by atoms with Gasteiger partial charge in [0, 0.05) is 28.9 Å². The number of fused-ring (bicyclic) bond motifs is 2. The van der Waals surface area contributed by atoms with Gasteiger partial charge in [-0.2, -0.15) is 0 Å². The van der Waals surface area contributed by atoms with E-state index >= 15 is 0 Å². The lowest BCUT2D eigenvalue weighted by atomic mass is 10.1. The van der Waals surface area contributed by atoms with E-state index in [-0.39, 0.29) is 17.1 Å². The number of thioether (sulfide) groups is 1. The van der Waals surface area contributed by atoms with Gasteiger partial charge in [-0.3, -0.25) is 9.59 Å². The number of ketones is 1. The van der Waals surface area contributed by atoms with E-state index in [1.807, 2.05) is 49.4 Å². The molecular formula is C26H22N4O2S. The second-order valence-corrected chi connectivity index (χ2v) is 8.75. The van der Waals surface area contributed by atoms with Crippen molar-refractivity contribution in [2.75, 3.05) is 5.75 Å². The fraction of sp³-hybridized carbons (Fsp3) is 0.154. The third-order valence-corrected chi connectivity index (χ3v) is 6.69. The van der Waals surface area contributed by atoms with E-state index in [1.54, 1.807) is 18.5 Å². The molecule has 0 radical (unpaired) electrons. The van der Waals surface area contributed by atoms with Gasteiger partial charge in [-0.15, -0.1) is 0 Å². The molecule has 164 valence electrons. The van der Waals surface area contributed by atoms with Gasteiger partial charge in [0.15, 0.2) is 10.9 Å². The van der Waals surface area contributed by atoms with E-state index < -0.39 is 0 Å². The predicted molar refractivity (Wildman–Crippen MR) is 133 cm³/mol. The largest absolute Gasteiger partial charge is 0.360 e. The molecule has 0 amide bonds. The standard InChI is InChI=1S/C26H22N4O2S/c1-3-17-9-6-11-18-20(14-28-23(17)18)22(31)15-33-26-29-21-12-5-4-10-19(21)25(32)30(26)24-16(2)8-7-13-27-24/h4-14,28H,3,15H2,1-2H3. The highest BCUT2D eigenvalue weighted by molar-refractivity contribution is 7.99. The topological polar surface area (TPSA) is 80.6 Å². The molecule has 1 N–H and O–H groups in total. The third kappa shape index (κ3) is 3.74. The molecule has 0 saturated heterocycles. The number of hydrogen-bond donors (Lipinski definition) is 1. The minimum absolute atomic E-state index is 0.0220. The van der Waals surface area contributed by atoms with Crippen molar-refractivity contribution < 1.29 is 4.79 Å². The molecule has 5 aromatic rings. The van der Waals surface area contributed by atoms with Crippen LogP contribution in [0.25, 0.3) is 27.6 Å². The number of Topliss-reactive ketones (excluding diaryl/α,β-unsaturated/α-hetero) is 1. The maximum Gasteiger partial charge on any atom is 0.267 e. The minimum atomic E-state index is -0.197. The molecule has 0 bridgehead atoms. The van der Waals surface area contributed by atoms with Gasteiger partial charge in [-0.05, 0) is 42.7 Å². The molecule has 0 unspecified atom stereocenters. The molecule has 0 spiro atoms. The Kier molecular flexibility index (Phi) is 5.56. The lowest BCUT2D eigenvalue weighted by molar-refractivity contribution is 0.102. The lowest BCUT2D eigenvalue weighted by Crippen LogP contribution is -2.23. The van der Waals surface area contributed by atoms with Crippen LogP contribution in [0.5, 0.6) is 0 Å². The normalized spacial score (nSPS) is 11.3. The van der Waals surface area contributed by atoms with Crippen LogP contribution in [-0.2, 0) is 6.42 Å². The number of benzene rings is 2. The van der Waals surface area contributed by atoms with E-state index in [4.69, 9.17) is 4.98 Å². The molecule has 5 rings (SSSR count). The van der Waals surface area contributed by atoms with Crippen LogP contribution in [0.2, 0.25) is 0 Å². The van der Waals surface area contributed by atoms with Gasteiger partial charge in [0.05, 0.1) is 16.7 Å². The van der Waals surface area contributed by atoms with Crippen LogP contribution in [0.15, 0.2) is 76.9 Å². The molecule has 0 fully saturated rings. The van der Waals surface area contributed by atoms with Crippen molar-refractivity contribution in [3.05, 3.63) is 94.0 Å². The highest BCUT2D eigenvalue weighted by Crippen LogP contribution is 2.26. The van der Waals surface area contributed by atoms with E-state index in [0.717, 1.165) is 22.9 Å². The van der Waals surface area contributed by atoms with Gasteiger partial charge < -0.3 is 4.98 Å². The van der Waals surface area contributed by atoms with Gasteiger partial charge >= 0.3 is 0 Å². The number of carbonyl (C=O) groups is 1. The maximum atomic E-state index is 13.4. The zero-order valence-corrected chi connectivity index (χ0v) is 19.1. The zero-order chi connectivity index (χ0) is 22.9. The highest BCUT2D eigenvalue weighted by Gasteiger charge is 2.19. The summed E-state index contributed by atoms with van der Waals surface area (Å²) in [5, 5.41) is 1.88. The molecule has 0 aliphatic carbocycles. The first-order chi connectivity index (χ1) is 16.1. The average Bonchev–Trinajstić information content (AvgIpc) is 3.28. The van der Waals surface area contributed by atoms with Gasteiger partial charge in [0.2, 0.25) is 0 Å². The summed E-state index contributed by atoms with van der Waals surface area (Å²) in [6.07, 6.45) is 4.31. The highest BCUT2D eigenvalue weighted by atomic mass is 32.2. The van der Waals surface area contributed by atoms with E-state index in [0.29, 0.717) is 27.4 Å². The number of H-pyrrole nitrogens is 1. The number of hydrogen-bond acceptors (Lipinski definition) is 5. The van der Waals surface area contributed by atoms with E-state index in [9.17, 15) is 9.59 Å². The Labute approximate surface area is 194 Å². The summed E-state index contributed by atoms with van der Waals surface area (Å²) >= 11 is 1.25. The Morgan fingerprint density at radius 2 is 1.88 bits per heavy atom. The van der Waals surface area contributed by atoms with E-state index in [2.05, 4.69) is 23.0 Å². The molecule has 0 aliphatic heterocycles. The van der Waals surface area contributed by atoms with Crippen molar-refractivity contribution in [2.24, 2.45) is 0 Å². The van der Waals surface area contributed by atoms with Crippen LogP contribution in [0.4, 0.5) is 0 Å². The maximum absolute atomic E-state index is 13.4. The number of aromatic nitrogens is 4. The van der Waals surface area contributed by atoms with Crippen molar-refractivity contribution in [3.8, 4) is 5.82 Å². The van der Waals surface area contributed by atoms with Crippen molar-refractivity contribution in [2.45, 2.75) is 25.4 Å². The molecule has 3 aromatic heterocycles. The van der Waals surface area contributed by atoms with Crippen molar-refractivity contribution in [1.29, 1.82) is 0 Å². The van der Waals surface area contributed by atoms with Crippen LogP contribution in [0.1, 0.15) is 28.4 Å². The first kappa shape index (κ1) is 21.2. The summed E-state index contributed by atoms with van der Waals surface area (Å²) < 4.78 is 1.51. The smallest absolute Gasteiger partial charge is 0.267 e. The second kappa shape index (κ2) is 8.67. The Hall–Kier alpha value is -3.71. The van der Waals surface area contributed by atoms with Crippen molar-refractivity contribution >= 4 is 39.4 Å². The summed E-state index contributed by atoms with van der Waals surface area (Å²) in [7, 11) is 0. The van der Waals surface area contributed by atoms with Crippen LogP contribution < -0.4 is 5.56 Å². The Bertz CT molecular complexity index is 1570. The Morgan fingerprint density at radius 1 is 1.06 bits per heavy atom. The average molecular weight is 455 g/mol. The zero-order valence-electron chi connectivity index (χ0n) is 18.3. The molecule has 33 heavy (non-hydrogen) atoms. The van der Waals surface area contributed by atoms with Crippen LogP contribution in [0, 0.1) is 6.92 Å². The van der Waals surface area contributed by atoms with E-state index in [1.165, 1.54) is 21.9 Å². The van der Waals surface area contributed by atoms with Gasteiger partial charge in [-0.1, -0.05) is 55.1 Å². The Morgan fingerprint density at radius 3 is 2.70 bits per heavy atom. The number of nitrogens with zero attached hydrogens (tertiary/aromatic N) is 3. The summed E-state index contributed by atoms with van der Waals surface area (Å²) in [4.78, 5) is 39.0. The third-order valence-electron chi connectivity index (χ3n) is 5.75. The number of rotatable bonds is 6. The molecule has 7 heteroatoms. The SMILES string of the molecule is CCc1cccc2c(C(=O)CSc3nc4ccccc4c(=O)n3-c3ncccc3C)c[nH]c12. The van der Waals surface area contributed by atoms with Gasteiger partial charge in [0.1, 0.15) is 5.82 Å². The Balaban J connectivity index is 1.56. The van der Waals surface area contributed by atoms with Crippen molar-refractivity contribution in [3.63, 3.8) is 0 Å². The quantitative estimate of drug-likeness (QED) is 0.219. The number of aryl methyl sites for hydroxylation is 2. The fourth-order valence-electron chi connectivity index (χ4n) is 4.06. The van der Waals surface area contributed by atoms with Crippen LogP contribution in [0.3, 0.4) is 0 Å². The minimum Gasteiger partial charge on any atom is -0.360 e. The van der Waals surface area contributed by atoms with Gasteiger partial charge in [0.25, 0.3) is 5.56 Å². The second-order valence-electron chi connectivity index (χ2n) is 7.80.